The average Bonchev–Trinajstić information content (AvgIpc) is 2.91. The smallest absolute Gasteiger partial charge is 0.307 e. The number of aliphatic carboxylic acids is 1. The topological polar surface area (TPSA) is 63.3 Å². The number of hydrogen-bond acceptors (Lipinski definition) is 3. The molecule has 3 rings (SSSR count). The van der Waals surface area contributed by atoms with E-state index in [1.54, 1.807) is 0 Å². The van der Waals surface area contributed by atoms with Crippen molar-refractivity contribution in [3.8, 4) is 0 Å². The van der Waals surface area contributed by atoms with Crippen molar-refractivity contribution in [2.45, 2.75) is 25.7 Å². The van der Waals surface area contributed by atoms with Gasteiger partial charge in [0, 0.05) is 10.4 Å². The molecule has 0 amide bonds. The molecule has 1 saturated carbocycles. The molecule has 1 aliphatic carbocycles. The third-order valence-electron chi connectivity index (χ3n) is 3.80. The lowest BCUT2D eigenvalue weighted by Crippen LogP contribution is -2.17. The van der Waals surface area contributed by atoms with Crippen LogP contribution in [0.4, 0.5) is 0 Å². The van der Waals surface area contributed by atoms with E-state index in [9.17, 15) is 9.90 Å². The maximum Gasteiger partial charge on any atom is 0.307 e. The van der Waals surface area contributed by atoms with Gasteiger partial charge in [0.15, 0.2) is 11.5 Å². The quantitative estimate of drug-likeness (QED) is 0.912. The first-order chi connectivity index (χ1) is 9.04. The van der Waals surface area contributed by atoms with Crippen LogP contribution in [0, 0.1) is 11.8 Å². The Hall–Kier alpha value is -1.36. The Kier molecular flexibility index (Phi) is 3.09. The van der Waals surface area contributed by atoms with E-state index in [2.05, 4.69) is 27.8 Å². The molecule has 3 unspecified atom stereocenters. The van der Waals surface area contributed by atoms with E-state index in [-0.39, 0.29) is 11.8 Å². The molecule has 1 aliphatic rings. The van der Waals surface area contributed by atoms with Gasteiger partial charge in [0.05, 0.1) is 5.92 Å². The Morgan fingerprint density at radius 3 is 3.00 bits per heavy atom. The fraction of sp³-hybridized carbons (Fsp3) is 0.429. The summed E-state index contributed by atoms with van der Waals surface area (Å²) in [7, 11) is 0. The summed E-state index contributed by atoms with van der Waals surface area (Å²) in [6.07, 6.45) is 1.52. The van der Waals surface area contributed by atoms with Gasteiger partial charge in [-0.3, -0.25) is 4.79 Å². The SMILES string of the molecule is CC1CC(C(=O)O)C(c2nc3cc(Br)ccc3o2)C1. The summed E-state index contributed by atoms with van der Waals surface area (Å²) in [5.74, 6) is -0.291. The molecule has 1 heterocycles. The number of benzene rings is 1. The van der Waals surface area contributed by atoms with Crippen LogP contribution in [-0.2, 0) is 4.79 Å². The summed E-state index contributed by atoms with van der Waals surface area (Å²) < 4.78 is 6.68. The Morgan fingerprint density at radius 2 is 2.26 bits per heavy atom. The van der Waals surface area contributed by atoms with E-state index in [4.69, 9.17) is 4.42 Å². The Morgan fingerprint density at radius 1 is 1.47 bits per heavy atom. The van der Waals surface area contributed by atoms with Gasteiger partial charge in [-0.1, -0.05) is 22.9 Å². The molecule has 100 valence electrons. The lowest BCUT2D eigenvalue weighted by Gasteiger charge is -2.10. The third-order valence-corrected chi connectivity index (χ3v) is 4.29. The van der Waals surface area contributed by atoms with Gasteiger partial charge in [-0.2, -0.15) is 0 Å². The summed E-state index contributed by atoms with van der Waals surface area (Å²) >= 11 is 3.39. The summed E-state index contributed by atoms with van der Waals surface area (Å²) in [6, 6.07) is 5.63. The highest BCUT2D eigenvalue weighted by molar-refractivity contribution is 9.10. The predicted octanol–water partition coefficient (Wildman–Crippen LogP) is 3.80. The van der Waals surface area contributed by atoms with E-state index in [1.165, 1.54) is 0 Å². The monoisotopic (exact) mass is 323 g/mol. The number of hydrogen-bond donors (Lipinski definition) is 1. The van der Waals surface area contributed by atoms with Gasteiger partial charge in [0.2, 0.25) is 0 Å². The summed E-state index contributed by atoms with van der Waals surface area (Å²) in [6.45, 7) is 2.08. The lowest BCUT2D eigenvalue weighted by atomic mass is 9.96. The molecule has 1 aromatic heterocycles. The van der Waals surface area contributed by atoms with Crippen LogP contribution in [0.15, 0.2) is 27.1 Å². The van der Waals surface area contributed by atoms with Gasteiger partial charge in [0.1, 0.15) is 5.52 Å². The zero-order valence-electron chi connectivity index (χ0n) is 10.5. The first-order valence-electron chi connectivity index (χ1n) is 6.33. The number of oxazole rings is 1. The van der Waals surface area contributed by atoms with Gasteiger partial charge in [-0.25, -0.2) is 4.98 Å². The number of aromatic nitrogens is 1. The molecule has 1 fully saturated rings. The van der Waals surface area contributed by atoms with E-state index in [0.29, 0.717) is 23.8 Å². The number of fused-ring (bicyclic) bond motifs is 1. The van der Waals surface area contributed by atoms with E-state index < -0.39 is 5.97 Å². The molecule has 4 nitrogen and oxygen atoms in total. The normalized spacial score (nSPS) is 26.9. The standard InChI is InChI=1S/C14H14BrNO3/c1-7-4-9(10(5-7)14(17)18)13-16-11-6-8(15)2-3-12(11)19-13/h2-3,6-7,9-10H,4-5H2,1H3,(H,17,18). The van der Waals surface area contributed by atoms with Gasteiger partial charge in [-0.15, -0.1) is 0 Å². The minimum atomic E-state index is -0.752. The molecule has 0 bridgehead atoms. The molecular weight excluding hydrogens is 310 g/mol. The van der Waals surface area contributed by atoms with E-state index in [1.807, 2.05) is 18.2 Å². The van der Waals surface area contributed by atoms with Crippen LogP contribution < -0.4 is 0 Å². The van der Waals surface area contributed by atoms with Gasteiger partial charge in [-0.05, 0) is 37.0 Å². The third kappa shape index (κ3) is 2.27. The molecular formula is C14H14BrNO3. The maximum atomic E-state index is 11.3. The first-order valence-corrected chi connectivity index (χ1v) is 7.12. The van der Waals surface area contributed by atoms with Gasteiger partial charge >= 0.3 is 5.97 Å². The summed E-state index contributed by atoms with van der Waals surface area (Å²) in [5.41, 5.74) is 1.48. The number of halogens is 1. The van der Waals surface area contributed by atoms with Crippen LogP contribution in [0.5, 0.6) is 0 Å². The summed E-state index contributed by atoms with van der Waals surface area (Å²) in [5, 5.41) is 9.30. The Labute approximate surface area is 118 Å². The van der Waals surface area contributed by atoms with E-state index >= 15 is 0 Å². The second-order valence-electron chi connectivity index (χ2n) is 5.29. The molecule has 1 N–H and O–H groups in total. The molecule has 5 heteroatoms. The molecule has 0 aliphatic heterocycles. The van der Waals surface area contributed by atoms with Crippen molar-refractivity contribution in [1.29, 1.82) is 0 Å². The number of carboxylic acids is 1. The molecule has 19 heavy (non-hydrogen) atoms. The second kappa shape index (κ2) is 4.63. The minimum absolute atomic E-state index is 0.112. The maximum absolute atomic E-state index is 11.3. The molecule has 2 aromatic rings. The Balaban J connectivity index is 2.01. The van der Waals surface area contributed by atoms with Crippen molar-refractivity contribution >= 4 is 33.0 Å². The fourth-order valence-electron chi connectivity index (χ4n) is 2.91. The van der Waals surface area contributed by atoms with Crippen molar-refractivity contribution in [2.24, 2.45) is 11.8 Å². The highest BCUT2D eigenvalue weighted by atomic mass is 79.9. The van der Waals surface area contributed by atoms with Crippen LogP contribution in [0.3, 0.4) is 0 Å². The molecule has 0 spiro atoms. The predicted molar refractivity (Wildman–Crippen MR) is 74.0 cm³/mol. The van der Waals surface area contributed by atoms with Crippen LogP contribution in [0.25, 0.3) is 11.1 Å². The highest BCUT2D eigenvalue weighted by Crippen LogP contribution is 2.43. The zero-order valence-corrected chi connectivity index (χ0v) is 12.1. The van der Waals surface area contributed by atoms with Crippen molar-refractivity contribution in [3.05, 3.63) is 28.6 Å². The number of nitrogens with zero attached hydrogens (tertiary/aromatic N) is 1. The molecule has 0 radical (unpaired) electrons. The summed E-state index contributed by atoms with van der Waals surface area (Å²) in [4.78, 5) is 15.8. The van der Waals surface area contributed by atoms with Crippen molar-refractivity contribution in [3.63, 3.8) is 0 Å². The largest absolute Gasteiger partial charge is 0.481 e. The second-order valence-corrected chi connectivity index (χ2v) is 6.21. The van der Waals surface area contributed by atoms with Crippen molar-refractivity contribution in [2.75, 3.05) is 0 Å². The average molecular weight is 324 g/mol. The lowest BCUT2D eigenvalue weighted by molar-refractivity contribution is -0.142. The number of carboxylic acid groups (broad SMARTS) is 1. The van der Waals surface area contributed by atoms with Gasteiger partial charge in [0.25, 0.3) is 0 Å². The first kappa shape index (κ1) is 12.7. The Bertz CT molecular complexity index is 637. The highest BCUT2D eigenvalue weighted by Gasteiger charge is 2.40. The van der Waals surface area contributed by atoms with Crippen LogP contribution >= 0.6 is 15.9 Å². The molecule has 1 aromatic carbocycles. The van der Waals surface area contributed by atoms with Crippen LogP contribution in [0.1, 0.15) is 31.6 Å². The molecule has 0 saturated heterocycles. The minimum Gasteiger partial charge on any atom is -0.481 e. The van der Waals surface area contributed by atoms with Crippen molar-refractivity contribution < 1.29 is 14.3 Å². The van der Waals surface area contributed by atoms with Crippen LogP contribution in [-0.4, -0.2) is 16.1 Å². The number of rotatable bonds is 2. The van der Waals surface area contributed by atoms with Crippen molar-refractivity contribution in [1.82, 2.24) is 4.98 Å². The fourth-order valence-corrected chi connectivity index (χ4v) is 3.26. The molecule has 3 atom stereocenters. The number of carbonyl (C=O) groups is 1. The van der Waals surface area contributed by atoms with E-state index in [0.717, 1.165) is 16.4 Å². The van der Waals surface area contributed by atoms with Gasteiger partial charge < -0.3 is 9.52 Å². The van der Waals surface area contributed by atoms with Crippen LogP contribution in [0.2, 0.25) is 0 Å². The zero-order chi connectivity index (χ0) is 13.6.